The summed E-state index contributed by atoms with van der Waals surface area (Å²) in [6, 6.07) is 8.11. The van der Waals surface area contributed by atoms with Crippen molar-refractivity contribution in [2.24, 2.45) is 5.73 Å². The molecule has 136 valence electrons. The summed E-state index contributed by atoms with van der Waals surface area (Å²) in [4.78, 5) is 28.6. The maximum atomic E-state index is 12.7. The molecule has 2 aliphatic rings. The van der Waals surface area contributed by atoms with Gasteiger partial charge in [-0.05, 0) is 17.5 Å². The summed E-state index contributed by atoms with van der Waals surface area (Å²) in [5.74, 6) is -0.169. The van der Waals surface area contributed by atoms with Gasteiger partial charge in [-0.2, -0.15) is 0 Å². The van der Waals surface area contributed by atoms with Crippen molar-refractivity contribution in [1.29, 1.82) is 0 Å². The van der Waals surface area contributed by atoms with Crippen molar-refractivity contribution >= 4 is 11.8 Å². The fourth-order valence-electron chi connectivity index (χ4n) is 3.89. The first kappa shape index (κ1) is 17.9. The van der Waals surface area contributed by atoms with E-state index in [-0.39, 0.29) is 11.8 Å². The van der Waals surface area contributed by atoms with Crippen LogP contribution >= 0.6 is 0 Å². The zero-order valence-electron chi connectivity index (χ0n) is 14.9. The Morgan fingerprint density at radius 1 is 1.16 bits per heavy atom. The molecule has 2 amide bonds. The van der Waals surface area contributed by atoms with Gasteiger partial charge in [0.05, 0.1) is 13.0 Å². The van der Waals surface area contributed by atoms with Crippen molar-refractivity contribution in [3.63, 3.8) is 0 Å². The van der Waals surface area contributed by atoms with E-state index < -0.39 is 5.54 Å². The van der Waals surface area contributed by atoms with Gasteiger partial charge in [0, 0.05) is 39.2 Å². The molecule has 25 heavy (non-hydrogen) atoms. The van der Waals surface area contributed by atoms with Gasteiger partial charge in [0.1, 0.15) is 5.54 Å². The van der Waals surface area contributed by atoms with Crippen molar-refractivity contribution in [3.05, 3.63) is 35.4 Å². The van der Waals surface area contributed by atoms with Gasteiger partial charge in [0.25, 0.3) is 0 Å². The quantitative estimate of drug-likeness (QED) is 0.847. The minimum absolute atomic E-state index is 0.149. The molecule has 2 aliphatic heterocycles. The molecule has 2 N–H and O–H groups in total. The number of primary amides is 1. The molecule has 0 spiro atoms. The van der Waals surface area contributed by atoms with Gasteiger partial charge in [0.15, 0.2) is 0 Å². The fourth-order valence-corrected chi connectivity index (χ4v) is 3.89. The Labute approximate surface area is 148 Å². The van der Waals surface area contributed by atoms with Gasteiger partial charge in [-0.25, -0.2) is 0 Å². The van der Waals surface area contributed by atoms with E-state index in [1.54, 1.807) is 0 Å². The van der Waals surface area contributed by atoms with E-state index in [4.69, 9.17) is 10.5 Å². The van der Waals surface area contributed by atoms with Gasteiger partial charge < -0.3 is 15.4 Å². The predicted molar refractivity (Wildman–Crippen MR) is 95.0 cm³/mol. The normalized spacial score (nSPS) is 24.4. The van der Waals surface area contributed by atoms with Crippen LogP contribution in [0.15, 0.2) is 24.3 Å². The maximum Gasteiger partial charge on any atom is 0.240 e. The fraction of sp³-hybridized carbons (Fsp3) is 0.579. The summed E-state index contributed by atoms with van der Waals surface area (Å²) in [5, 5.41) is 0. The highest BCUT2D eigenvalue weighted by molar-refractivity contribution is 5.85. The summed E-state index contributed by atoms with van der Waals surface area (Å²) < 4.78 is 5.43. The second-order valence-electron chi connectivity index (χ2n) is 6.87. The summed E-state index contributed by atoms with van der Waals surface area (Å²) in [5.41, 5.74) is 7.29. The number of nitrogens with zero attached hydrogens (tertiary/aromatic N) is 2. The first-order valence-electron chi connectivity index (χ1n) is 9.04. The molecule has 2 saturated heterocycles. The Bertz CT molecular complexity index is 633. The van der Waals surface area contributed by atoms with Crippen LogP contribution in [0.1, 0.15) is 24.5 Å². The first-order chi connectivity index (χ1) is 12.1. The predicted octanol–water partition coefficient (Wildman–Crippen LogP) is 0.580. The van der Waals surface area contributed by atoms with Crippen LogP contribution in [0.25, 0.3) is 0 Å². The van der Waals surface area contributed by atoms with Gasteiger partial charge in [-0.3, -0.25) is 14.5 Å². The molecule has 1 aromatic carbocycles. The van der Waals surface area contributed by atoms with Gasteiger partial charge in [0.2, 0.25) is 11.8 Å². The van der Waals surface area contributed by atoms with Crippen LogP contribution in [0.4, 0.5) is 0 Å². The number of carbonyl (C=O) groups excluding carboxylic acids is 2. The molecule has 2 fully saturated rings. The van der Waals surface area contributed by atoms with Crippen LogP contribution in [0.5, 0.6) is 0 Å². The molecule has 6 nitrogen and oxygen atoms in total. The molecule has 1 unspecified atom stereocenters. The topological polar surface area (TPSA) is 75.9 Å². The van der Waals surface area contributed by atoms with Crippen LogP contribution in [0.2, 0.25) is 0 Å². The summed E-state index contributed by atoms with van der Waals surface area (Å²) >= 11 is 0. The van der Waals surface area contributed by atoms with Gasteiger partial charge in [-0.1, -0.05) is 31.2 Å². The number of carbonyl (C=O) groups is 2. The minimum atomic E-state index is -0.691. The highest BCUT2D eigenvalue weighted by Gasteiger charge is 2.47. The molecular formula is C19H27N3O3. The van der Waals surface area contributed by atoms with Gasteiger partial charge >= 0.3 is 0 Å². The molecule has 0 radical (unpaired) electrons. The largest absolute Gasteiger partial charge is 0.379 e. The Kier molecular flexibility index (Phi) is 5.39. The standard InChI is InChI=1S/C19H27N3O3/c1-2-15-5-3-4-6-16(15)13-17(23)21-8-10-22(11-9-21)19(18(20)24)7-12-25-14-19/h3-6H,2,7-14H2,1H3,(H2,20,24). The zero-order chi connectivity index (χ0) is 17.9. The summed E-state index contributed by atoms with van der Waals surface area (Å²) in [7, 11) is 0. The van der Waals surface area contributed by atoms with Crippen molar-refractivity contribution in [2.45, 2.75) is 31.7 Å². The van der Waals surface area contributed by atoms with E-state index in [9.17, 15) is 9.59 Å². The van der Waals surface area contributed by atoms with Crippen LogP contribution in [-0.2, 0) is 27.2 Å². The molecule has 2 heterocycles. The Hall–Kier alpha value is -1.92. The van der Waals surface area contributed by atoms with Crippen LogP contribution in [0, 0.1) is 0 Å². The minimum Gasteiger partial charge on any atom is -0.379 e. The average molecular weight is 345 g/mol. The maximum absolute atomic E-state index is 12.7. The molecule has 0 aliphatic carbocycles. The molecule has 1 aromatic rings. The second kappa shape index (κ2) is 7.54. The number of hydrogen-bond acceptors (Lipinski definition) is 4. The number of ether oxygens (including phenoxy) is 1. The number of benzene rings is 1. The third-order valence-corrected chi connectivity index (χ3v) is 5.54. The van der Waals surface area contributed by atoms with Crippen LogP contribution in [0.3, 0.4) is 0 Å². The molecule has 1 atom stereocenters. The number of aryl methyl sites for hydroxylation is 1. The zero-order valence-corrected chi connectivity index (χ0v) is 14.9. The van der Waals surface area contributed by atoms with E-state index in [0.717, 1.165) is 12.0 Å². The summed E-state index contributed by atoms with van der Waals surface area (Å²) in [6.45, 7) is 5.61. The number of hydrogen-bond donors (Lipinski definition) is 1. The lowest BCUT2D eigenvalue weighted by molar-refractivity contribution is -0.137. The molecule has 0 saturated carbocycles. The molecule has 6 heteroatoms. The van der Waals surface area contributed by atoms with Crippen LogP contribution in [-0.4, -0.2) is 66.5 Å². The second-order valence-corrected chi connectivity index (χ2v) is 6.87. The third-order valence-electron chi connectivity index (χ3n) is 5.54. The van der Waals surface area contributed by atoms with Crippen molar-refractivity contribution in [2.75, 3.05) is 39.4 Å². The lowest BCUT2D eigenvalue weighted by Crippen LogP contribution is -2.63. The van der Waals surface area contributed by atoms with Crippen LogP contribution < -0.4 is 5.73 Å². The molecule has 3 rings (SSSR count). The van der Waals surface area contributed by atoms with Gasteiger partial charge in [-0.15, -0.1) is 0 Å². The average Bonchev–Trinajstić information content (AvgIpc) is 3.13. The highest BCUT2D eigenvalue weighted by Crippen LogP contribution is 2.27. The number of nitrogens with two attached hydrogens (primary N) is 1. The lowest BCUT2D eigenvalue weighted by Gasteiger charge is -2.43. The van der Waals surface area contributed by atoms with Crippen molar-refractivity contribution < 1.29 is 14.3 Å². The van der Waals surface area contributed by atoms with E-state index in [1.807, 2.05) is 23.1 Å². The number of rotatable bonds is 5. The SMILES string of the molecule is CCc1ccccc1CC(=O)N1CCN(C2(C(N)=O)CCOC2)CC1. The smallest absolute Gasteiger partial charge is 0.240 e. The van der Waals surface area contributed by atoms with Crippen molar-refractivity contribution in [3.8, 4) is 0 Å². The van der Waals surface area contributed by atoms with E-state index in [1.165, 1.54) is 5.56 Å². The Morgan fingerprint density at radius 2 is 1.84 bits per heavy atom. The number of amides is 2. The van der Waals surface area contributed by atoms with E-state index in [2.05, 4.69) is 17.9 Å². The van der Waals surface area contributed by atoms with E-state index >= 15 is 0 Å². The Balaban J connectivity index is 1.60. The molecular weight excluding hydrogens is 318 g/mol. The first-order valence-corrected chi connectivity index (χ1v) is 9.04. The molecule has 0 aromatic heterocycles. The molecule has 0 bridgehead atoms. The van der Waals surface area contributed by atoms with E-state index in [0.29, 0.717) is 52.2 Å². The monoisotopic (exact) mass is 345 g/mol. The van der Waals surface area contributed by atoms with Crippen molar-refractivity contribution in [1.82, 2.24) is 9.80 Å². The Morgan fingerprint density at radius 3 is 2.40 bits per heavy atom. The summed E-state index contributed by atoms with van der Waals surface area (Å²) in [6.07, 6.45) is 2.01. The number of piperazine rings is 1. The lowest BCUT2D eigenvalue weighted by atomic mass is 9.94. The highest BCUT2D eigenvalue weighted by atomic mass is 16.5. The third kappa shape index (κ3) is 3.55.